The molecular formula is C14H13N3OS. The Morgan fingerprint density at radius 3 is 2.42 bits per heavy atom. The molecule has 4 nitrogen and oxygen atoms in total. The summed E-state index contributed by atoms with van der Waals surface area (Å²) in [6.45, 7) is 0. The highest BCUT2D eigenvalue weighted by Crippen LogP contribution is 2.15. The van der Waals surface area contributed by atoms with Crippen molar-refractivity contribution in [1.82, 2.24) is 4.98 Å². The van der Waals surface area contributed by atoms with E-state index in [9.17, 15) is 4.79 Å². The predicted octanol–water partition coefficient (Wildman–Crippen LogP) is 1.99. The number of carbonyl (C=O) groups is 1. The molecule has 96 valence electrons. The van der Waals surface area contributed by atoms with Gasteiger partial charge in [0.15, 0.2) is 0 Å². The number of anilines is 1. The van der Waals surface area contributed by atoms with E-state index in [1.165, 1.54) is 4.90 Å². The molecule has 0 atom stereocenters. The number of amides is 1. The topological polar surface area (TPSA) is 59.2 Å². The fourth-order valence-electron chi connectivity index (χ4n) is 1.63. The highest BCUT2D eigenvalue weighted by molar-refractivity contribution is 7.80. The monoisotopic (exact) mass is 271 g/mol. The summed E-state index contributed by atoms with van der Waals surface area (Å²) in [4.78, 5) is 18.1. The molecule has 1 amide bonds. The molecule has 0 saturated carbocycles. The summed E-state index contributed by atoms with van der Waals surface area (Å²) in [5.41, 5.74) is 7.47. The zero-order chi connectivity index (χ0) is 13.8. The maximum Gasteiger partial charge on any atom is 0.276 e. The zero-order valence-electron chi connectivity index (χ0n) is 10.4. The van der Waals surface area contributed by atoms with Gasteiger partial charge in [-0.3, -0.25) is 9.78 Å². The SMILES string of the molecule is CN(C(=O)c1ccccn1)c1ccc(C(N)=S)cc1. The summed E-state index contributed by atoms with van der Waals surface area (Å²) >= 11 is 4.89. The van der Waals surface area contributed by atoms with Crippen LogP contribution in [0.5, 0.6) is 0 Å². The van der Waals surface area contributed by atoms with Gasteiger partial charge in [0, 0.05) is 24.5 Å². The maximum atomic E-state index is 12.2. The van der Waals surface area contributed by atoms with Crippen molar-refractivity contribution >= 4 is 28.8 Å². The first-order valence-electron chi connectivity index (χ1n) is 5.68. The van der Waals surface area contributed by atoms with Crippen LogP contribution in [-0.4, -0.2) is 22.9 Å². The lowest BCUT2D eigenvalue weighted by molar-refractivity contribution is 0.0988. The van der Waals surface area contributed by atoms with E-state index in [4.69, 9.17) is 18.0 Å². The van der Waals surface area contributed by atoms with E-state index >= 15 is 0 Å². The minimum atomic E-state index is -0.163. The minimum Gasteiger partial charge on any atom is -0.389 e. The van der Waals surface area contributed by atoms with Gasteiger partial charge in [-0.2, -0.15) is 0 Å². The lowest BCUT2D eigenvalue weighted by atomic mass is 10.2. The van der Waals surface area contributed by atoms with Crippen molar-refractivity contribution in [2.45, 2.75) is 0 Å². The van der Waals surface area contributed by atoms with Crippen molar-refractivity contribution in [3.8, 4) is 0 Å². The van der Waals surface area contributed by atoms with Crippen molar-refractivity contribution in [1.29, 1.82) is 0 Å². The molecule has 1 heterocycles. The number of nitrogens with two attached hydrogens (primary N) is 1. The molecule has 5 heteroatoms. The van der Waals surface area contributed by atoms with Crippen LogP contribution < -0.4 is 10.6 Å². The molecule has 0 aliphatic rings. The summed E-state index contributed by atoms with van der Waals surface area (Å²) in [7, 11) is 1.70. The smallest absolute Gasteiger partial charge is 0.276 e. The van der Waals surface area contributed by atoms with Crippen LogP contribution in [0.25, 0.3) is 0 Å². The number of aromatic nitrogens is 1. The van der Waals surface area contributed by atoms with Crippen LogP contribution in [0.3, 0.4) is 0 Å². The van der Waals surface area contributed by atoms with Crippen molar-refractivity contribution in [3.63, 3.8) is 0 Å². The summed E-state index contributed by atoms with van der Waals surface area (Å²) < 4.78 is 0. The number of carbonyl (C=O) groups excluding carboxylic acids is 1. The molecule has 0 aliphatic heterocycles. The zero-order valence-corrected chi connectivity index (χ0v) is 11.2. The van der Waals surface area contributed by atoms with Crippen LogP contribution in [0, 0.1) is 0 Å². The number of nitrogens with zero attached hydrogens (tertiary/aromatic N) is 2. The van der Waals surface area contributed by atoms with Gasteiger partial charge < -0.3 is 10.6 Å². The number of rotatable bonds is 3. The first-order chi connectivity index (χ1) is 9.09. The molecule has 0 fully saturated rings. The number of hydrogen-bond acceptors (Lipinski definition) is 3. The van der Waals surface area contributed by atoms with Crippen molar-refractivity contribution in [3.05, 3.63) is 59.9 Å². The average Bonchev–Trinajstić information content (AvgIpc) is 2.46. The van der Waals surface area contributed by atoms with E-state index in [0.29, 0.717) is 10.7 Å². The van der Waals surface area contributed by atoms with Gasteiger partial charge in [0.1, 0.15) is 10.7 Å². The lowest BCUT2D eigenvalue weighted by Crippen LogP contribution is -2.27. The largest absolute Gasteiger partial charge is 0.389 e. The molecule has 0 aliphatic carbocycles. The Morgan fingerprint density at radius 2 is 1.89 bits per heavy atom. The Kier molecular flexibility index (Phi) is 3.87. The van der Waals surface area contributed by atoms with Crippen molar-refractivity contribution < 1.29 is 4.79 Å². The van der Waals surface area contributed by atoms with Crippen molar-refractivity contribution in [2.75, 3.05) is 11.9 Å². The van der Waals surface area contributed by atoms with E-state index in [0.717, 1.165) is 11.3 Å². The molecule has 2 rings (SSSR count). The van der Waals surface area contributed by atoms with Crippen LogP contribution in [0.15, 0.2) is 48.7 Å². The number of benzene rings is 1. The quantitative estimate of drug-likeness (QED) is 0.867. The van der Waals surface area contributed by atoms with E-state index in [1.807, 2.05) is 0 Å². The number of thiocarbonyl (C=S) groups is 1. The van der Waals surface area contributed by atoms with Gasteiger partial charge in [-0.15, -0.1) is 0 Å². The first-order valence-corrected chi connectivity index (χ1v) is 6.09. The highest BCUT2D eigenvalue weighted by atomic mass is 32.1. The second-order valence-corrected chi connectivity index (χ2v) is 4.43. The Morgan fingerprint density at radius 1 is 1.21 bits per heavy atom. The average molecular weight is 271 g/mol. The Labute approximate surface area is 116 Å². The molecule has 0 spiro atoms. The van der Waals surface area contributed by atoms with Crippen LogP contribution >= 0.6 is 12.2 Å². The fraction of sp³-hybridized carbons (Fsp3) is 0.0714. The molecule has 1 aromatic heterocycles. The van der Waals surface area contributed by atoms with Gasteiger partial charge in [-0.25, -0.2) is 0 Å². The molecule has 0 unspecified atom stereocenters. The molecular weight excluding hydrogens is 258 g/mol. The van der Waals surface area contributed by atoms with E-state index < -0.39 is 0 Å². The van der Waals surface area contributed by atoms with Crippen molar-refractivity contribution in [2.24, 2.45) is 5.73 Å². The van der Waals surface area contributed by atoms with E-state index in [-0.39, 0.29) is 5.91 Å². The number of pyridine rings is 1. The Hall–Kier alpha value is -2.27. The Balaban J connectivity index is 2.22. The minimum absolute atomic E-state index is 0.163. The van der Waals surface area contributed by atoms with Gasteiger partial charge in [-0.1, -0.05) is 18.3 Å². The molecule has 19 heavy (non-hydrogen) atoms. The lowest BCUT2D eigenvalue weighted by Gasteiger charge is -2.17. The second-order valence-electron chi connectivity index (χ2n) is 3.99. The molecule has 0 bridgehead atoms. The second kappa shape index (κ2) is 5.58. The summed E-state index contributed by atoms with van der Waals surface area (Å²) in [6, 6.07) is 12.4. The first kappa shape index (κ1) is 13.2. The Bertz CT molecular complexity index is 596. The van der Waals surface area contributed by atoms with Crippen LogP contribution in [0.4, 0.5) is 5.69 Å². The summed E-state index contributed by atoms with van der Waals surface area (Å²) in [5, 5.41) is 0. The third kappa shape index (κ3) is 2.95. The van der Waals surface area contributed by atoms with Gasteiger partial charge >= 0.3 is 0 Å². The highest BCUT2D eigenvalue weighted by Gasteiger charge is 2.14. The maximum absolute atomic E-state index is 12.2. The third-order valence-corrected chi connectivity index (χ3v) is 2.96. The van der Waals surface area contributed by atoms with Gasteiger partial charge in [-0.05, 0) is 36.4 Å². The van der Waals surface area contributed by atoms with E-state index in [1.54, 1.807) is 55.7 Å². The van der Waals surface area contributed by atoms with Crippen LogP contribution in [-0.2, 0) is 0 Å². The van der Waals surface area contributed by atoms with Crippen LogP contribution in [0.2, 0.25) is 0 Å². The van der Waals surface area contributed by atoms with E-state index in [2.05, 4.69) is 4.98 Å². The molecule has 0 saturated heterocycles. The molecule has 2 N–H and O–H groups in total. The molecule has 1 aromatic carbocycles. The third-order valence-electron chi connectivity index (χ3n) is 2.73. The predicted molar refractivity (Wildman–Crippen MR) is 79.3 cm³/mol. The normalized spacial score (nSPS) is 9.95. The fourth-order valence-corrected chi connectivity index (χ4v) is 1.76. The molecule has 0 radical (unpaired) electrons. The van der Waals surface area contributed by atoms with Crippen LogP contribution in [0.1, 0.15) is 16.1 Å². The standard InChI is InChI=1S/C14H13N3OS/c1-17(14(18)12-4-2-3-9-16-12)11-7-5-10(6-8-11)13(15)19/h2-9H,1H3,(H2,15,19). The summed E-state index contributed by atoms with van der Waals surface area (Å²) in [5.74, 6) is -0.163. The van der Waals surface area contributed by atoms with Gasteiger partial charge in [0.05, 0.1) is 0 Å². The van der Waals surface area contributed by atoms with Gasteiger partial charge in [0.25, 0.3) is 5.91 Å². The van der Waals surface area contributed by atoms with Gasteiger partial charge in [0.2, 0.25) is 0 Å². The molecule has 2 aromatic rings. The number of hydrogen-bond donors (Lipinski definition) is 1. The summed E-state index contributed by atoms with van der Waals surface area (Å²) in [6.07, 6.45) is 1.59.